The van der Waals surface area contributed by atoms with E-state index in [0.717, 1.165) is 40.5 Å². The molecular formula is C21H25NO4. The second kappa shape index (κ2) is 8.61. The number of carbonyl (C=O) groups is 1. The molecule has 3 rings (SSSR count). The highest BCUT2D eigenvalue weighted by molar-refractivity contribution is 5.92. The van der Waals surface area contributed by atoms with Gasteiger partial charge in [0.2, 0.25) is 5.91 Å². The van der Waals surface area contributed by atoms with Gasteiger partial charge in [-0.25, -0.2) is 0 Å². The molecule has 1 N–H and O–H groups in total. The maximum absolute atomic E-state index is 12.4. The third kappa shape index (κ3) is 4.69. The molecular weight excluding hydrogens is 330 g/mol. The normalized spacial score (nSPS) is 12.5. The predicted octanol–water partition coefficient (Wildman–Crippen LogP) is 4.13. The van der Waals surface area contributed by atoms with Crippen LogP contribution in [0.1, 0.15) is 30.9 Å². The number of rotatable bonds is 7. The zero-order valence-electron chi connectivity index (χ0n) is 15.3. The molecule has 0 unspecified atom stereocenters. The van der Waals surface area contributed by atoms with Gasteiger partial charge in [-0.1, -0.05) is 19.1 Å². The van der Waals surface area contributed by atoms with Gasteiger partial charge in [0, 0.05) is 6.42 Å². The molecule has 5 nitrogen and oxygen atoms in total. The van der Waals surface area contributed by atoms with E-state index in [-0.39, 0.29) is 5.91 Å². The molecule has 26 heavy (non-hydrogen) atoms. The second-order valence-electron chi connectivity index (χ2n) is 6.37. The number of amides is 1. The lowest BCUT2D eigenvalue weighted by Gasteiger charge is -2.18. The van der Waals surface area contributed by atoms with Gasteiger partial charge in [-0.15, -0.1) is 0 Å². The topological polar surface area (TPSA) is 56.8 Å². The molecule has 1 heterocycles. The Labute approximate surface area is 154 Å². The maximum atomic E-state index is 12.4. The van der Waals surface area contributed by atoms with Crippen molar-refractivity contribution in [3.8, 4) is 17.2 Å². The molecule has 5 heteroatoms. The number of ether oxygens (including phenoxy) is 3. The van der Waals surface area contributed by atoms with Crippen LogP contribution in [-0.2, 0) is 11.2 Å². The highest BCUT2D eigenvalue weighted by atomic mass is 16.6. The number of hydrogen-bond acceptors (Lipinski definition) is 4. The molecule has 0 saturated carbocycles. The summed E-state index contributed by atoms with van der Waals surface area (Å²) in [4.78, 5) is 12.4. The standard InChI is InChI=1S/C21H25NO4/c1-3-10-24-19-13-15(2)4-7-17(19)22-21(23)9-6-16-5-8-18-20(14-16)26-12-11-25-18/h4-5,7-8,13-14H,3,6,9-12H2,1-2H3,(H,22,23). The van der Waals surface area contributed by atoms with Crippen molar-refractivity contribution in [2.75, 3.05) is 25.1 Å². The lowest BCUT2D eigenvalue weighted by molar-refractivity contribution is -0.116. The van der Waals surface area contributed by atoms with Crippen molar-refractivity contribution < 1.29 is 19.0 Å². The summed E-state index contributed by atoms with van der Waals surface area (Å²) >= 11 is 0. The molecule has 0 bridgehead atoms. The molecule has 0 aliphatic carbocycles. The summed E-state index contributed by atoms with van der Waals surface area (Å²) < 4.78 is 16.9. The van der Waals surface area contributed by atoms with E-state index in [1.54, 1.807) is 0 Å². The molecule has 0 aromatic heterocycles. The summed E-state index contributed by atoms with van der Waals surface area (Å²) in [6.07, 6.45) is 1.95. The van der Waals surface area contributed by atoms with Crippen LogP contribution in [0.4, 0.5) is 5.69 Å². The fourth-order valence-corrected chi connectivity index (χ4v) is 2.78. The first-order valence-corrected chi connectivity index (χ1v) is 9.07. The number of anilines is 1. The molecule has 1 amide bonds. The van der Waals surface area contributed by atoms with E-state index in [2.05, 4.69) is 12.2 Å². The number of hydrogen-bond donors (Lipinski definition) is 1. The number of fused-ring (bicyclic) bond motifs is 1. The predicted molar refractivity (Wildman–Crippen MR) is 101 cm³/mol. The molecule has 0 saturated heterocycles. The lowest BCUT2D eigenvalue weighted by Crippen LogP contribution is -2.16. The second-order valence-corrected chi connectivity index (χ2v) is 6.37. The fraction of sp³-hybridized carbons (Fsp3) is 0.381. The van der Waals surface area contributed by atoms with Crippen LogP contribution in [0.25, 0.3) is 0 Å². The summed E-state index contributed by atoms with van der Waals surface area (Å²) in [5, 5.41) is 2.96. The first-order valence-electron chi connectivity index (χ1n) is 9.07. The zero-order chi connectivity index (χ0) is 18.4. The summed E-state index contributed by atoms with van der Waals surface area (Å²) in [6, 6.07) is 11.6. The quantitative estimate of drug-likeness (QED) is 0.811. The van der Waals surface area contributed by atoms with E-state index in [0.29, 0.717) is 32.7 Å². The van der Waals surface area contributed by atoms with E-state index < -0.39 is 0 Å². The molecule has 2 aromatic rings. The van der Waals surface area contributed by atoms with Crippen LogP contribution in [0, 0.1) is 6.92 Å². The van der Waals surface area contributed by atoms with Crippen LogP contribution < -0.4 is 19.5 Å². The van der Waals surface area contributed by atoms with Crippen LogP contribution >= 0.6 is 0 Å². The minimum atomic E-state index is -0.0370. The van der Waals surface area contributed by atoms with Gasteiger partial charge in [0.1, 0.15) is 19.0 Å². The number of aryl methyl sites for hydroxylation is 2. The molecule has 0 atom stereocenters. The van der Waals surface area contributed by atoms with Crippen molar-refractivity contribution in [1.29, 1.82) is 0 Å². The van der Waals surface area contributed by atoms with Gasteiger partial charge in [0.05, 0.1) is 12.3 Å². The Hall–Kier alpha value is -2.69. The van der Waals surface area contributed by atoms with Gasteiger partial charge in [0.15, 0.2) is 11.5 Å². The highest BCUT2D eigenvalue weighted by Gasteiger charge is 2.13. The Kier molecular flexibility index (Phi) is 6.00. The smallest absolute Gasteiger partial charge is 0.224 e. The minimum Gasteiger partial charge on any atom is -0.491 e. The van der Waals surface area contributed by atoms with E-state index >= 15 is 0 Å². The van der Waals surface area contributed by atoms with Gasteiger partial charge >= 0.3 is 0 Å². The molecule has 0 radical (unpaired) electrons. The average molecular weight is 355 g/mol. The van der Waals surface area contributed by atoms with Crippen molar-refractivity contribution >= 4 is 11.6 Å². The molecule has 0 fully saturated rings. The van der Waals surface area contributed by atoms with Crippen molar-refractivity contribution in [3.05, 3.63) is 47.5 Å². The Morgan fingerprint density at radius 1 is 1.12 bits per heavy atom. The molecule has 1 aliphatic rings. The van der Waals surface area contributed by atoms with Gasteiger partial charge in [-0.05, 0) is 55.2 Å². The Balaban J connectivity index is 1.59. The van der Waals surface area contributed by atoms with E-state index in [4.69, 9.17) is 14.2 Å². The number of benzene rings is 2. The SMILES string of the molecule is CCCOc1cc(C)ccc1NC(=O)CCc1ccc2c(c1)OCCO2. The van der Waals surface area contributed by atoms with Crippen LogP contribution in [-0.4, -0.2) is 25.7 Å². The molecule has 1 aliphatic heterocycles. The lowest BCUT2D eigenvalue weighted by atomic mass is 10.1. The van der Waals surface area contributed by atoms with Gasteiger partial charge in [0.25, 0.3) is 0 Å². The minimum absolute atomic E-state index is 0.0370. The third-order valence-corrected chi connectivity index (χ3v) is 4.12. The molecule has 2 aromatic carbocycles. The van der Waals surface area contributed by atoms with E-state index in [1.807, 2.05) is 43.3 Å². The van der Waals surface area contributed by atoms with Crippen molar-refractivity contribution in [3.63, 3.8) is 0 Å². The fourth-order valence-electron chi connectivity index (χ4n) is 2.78. The molecule has 138 valence electrons. The van der Waals surface area contributed by atoms with Crippen LogP contribution in [0.15, 0.2) is 36.4 Å². The van der Waals surface area contributed by atoms with Crippen LogP contribution in [0.5, 0.6) is 17.2 Å². The van der Waals surface area contributed by atoms with Gasteiger partial charge < -0.3 is 19.5 Å². The summed E-state index contributed by atoms with van der Waals surface area (Å²) in [7, 11) is 0. The van der Waals surface area contributed by atoms with E-state index in [1.165, 1.54) is 0 Å². The van der Waals surface area contributed by atoms with Crippen LogP contribution in [0.3, 0.4) is 0 Å². The Morgan fingerprint density at radius 3 is 2.73 bits per heavy atom. The molecule has 0 spiro atoms. The first kappa shape index (κ1) is 18.1. The third-order valence-electron chi connectivity index (χ3n) is 4.12. The van der Waals surface area contributed by atoms with E-state index in [9.17, 15) is 4.79 Å². The highest BCUT2D eigenvalue weighted by Crippen LogP contribution is 2.31. The van der Waals surface area contributed by atoms with Crippen molar-refractivity contribution in [2.45, 2.75) is 33.1 Å². The van der Waals surface area contributed by atoms with Gasteiger partial charge in [-0.3, -0.25) is 4.79 Å². The average Bonchev–Trinajstić information content (AvgIpc) is 2.66. The number of carbonyl (C=O) groups excluding carboxylic acids is 1. The summed E-state index contributed by atoms with van der Waals surface area (Å²) in [5.41, 5.74) is 2.87. The summed E-state index contributed by atoms with van der Waals surface area (Å²) in [5.74, 6) is 2.20. The van der Waals surface area contributed by atoms with Crippen molar-refractivity contribution in [2.24, 2.45) is 0 Å². The Morgan fingerprint density at radius 2 is 1.92 bits per heavy atom. The maximum Gasteiger partial charge on any atom is 0.224 e. The number of nitrogens with one attached hydrogen (secondary N) is 1. The monoisotopic (exact) mass is 355 g/mol. The first-order chi connectivity index (χ1) is 12.7. The van der Waals surface area contributed by atoms with Crippen LogP contribution in [0.2, 0.25) is 0 Å². The van der Waals surface area contributed by atoms with Crippen molar-refractivity contribution in [1.82, 2.24) is 0 Å². The van der Waals surface area contributed by atoms with Gasteiger partial charge in [-0.2, -0.15) is 0 Å². The zero-order valence-corrected chi connectivity index (χ0v) is 15.3. The Bertz CT molecular complexity index is 773. The summed E-state index contributed by atoms with van der Waals surface area (Å²) in [6.45, 7) is 5.83. The largest absolute Gasteiger partial charge is 0.491 e.